The average molecular weight is 299 g/mol. The molecule has 0 spiro atoms. The first kappa shape index (κ1) is 15.2. The van der Waals surface area contributed by atoms with Gasteiger partial charge in [0.25, 0.3) is 5.91 Å². The highest BCUT2D eigenvalue weighted by atomic mass is 19.3. The van der Waals surface area contributed by atoms with Crippen LogP contribution in [0.2, 0.25) is 0 Å². The van der Waals surface area contributed by atoms with Crippen LogP contribution in [0.3, 0.4) is 0 Å². The number of nitrogens with one attached hydrogen (secondary N) is 1. The van der Waals surface area contributed by atoms with E-state index in [0.29, 0.717) is 0 Å². The molecule has 0 aliphatic heterocycles. The maximum absolute atomic E-state index is 12.1. The summed E-state index contributed by atoms with van der Waals surface area (Å²) in [6.45, 7) is -2.96. The fourth-order valence-electron chi connectivity index (χ4n) is 2.09. The van der Waals surface area contributed by atoms with Crippen molar-refractivity contribution in [2.75, 3.05) is 0 Å². The molecule has 5 nitrogen and oxygen atoms in total. The number of hydrogen-bond donors (Lipinski definition) is 2. The standard InChI is InChI=1S/C14H15F2NO4/c15-14(16)21-10-3-1-2-9(6-10)13(20)17-11(7-12(18)19)8-4-5-8/h1-3,6,8,11,14H,4-5,7H2,(H,17,20)(H,18,19). The summed E-state index contributed by atoms with van der Waals surface area (Å²) in [4.78, 5) is 22.8. The van der Waals surface area contributed by atoms with Crippen LogP contribution >= 0.6 is 0 Å². The molecule has 1 amide bonds. The molecule has 0 aromatic heterocycles. The van der Waals surface area contributed by atoms with Crippen molar-refractivity contribution in [3.05, 3.63) is 29.8 Å². The van der Waals surface area contributed by atoms with E-state index in [4.69, 9.17) is 5.11 Å². The first-order chi connectivity index (χ1) is 9.95. The quantitative estimate of drug-likeness (QED) is 0.810. The molecule has 1 aromatic rings. The van der Waals surface area contributed by atoms with Crippen LogP contribution in [0.1, 0.15) is 29.6 Å². The van der Waals surface area contributed by atoms with Gasteiger partial charge in [-0.2, -0.15) is 8.78 Å². The molecule has 2 rings (SSSR count). The summed E-state index contributed by atoms with van der Waals surface area (Å²) in [5.41, 5.74) is 0.157. The first-order valence-corrected chi connectivity index (χ1v) is 6.53. The smallest absolute Gasteiger partial charge is 0.387 e. The molecule has 1 atom stereocenters. The van der Waals surface area contributed by atoms with Gasteiger partial charge in [-0.1, -0.05) is 6.07 Å². The third kappa shape index (κ3) is 4.70. The molecule has 2 N–H and O–H groups in total. The monoisotopic (exact) mass is 299 g/mol. The maximum Gasteiger partial charge on any atom is 0.387 e. The van der Waals surface area contributed by atoms with Gasteiger partial charge in [-0.25, -0.2) is 0 Å². The summed E-state index contributed by atoms with van der Waals surface area (Å²) in [5.74, 6) is -1.42. The molecular formula is C14H15F2NO4. The van der Waals surface area contributed by atoms with Gasteiger partial charge in [0.2, 0.25) is 0 Å². The molecule has 0 heterocycles. The van der Waals surface area contributed by atoms with Gasteiger partial charge in [-0.3, -0.25) is 9.59 Å². The van der Waals surface area contributed by atoms with E-state index in [-0.39, 0.29) is 23.7 Å². The van der Waals surface area contributed by atoms with Gasteiger partial charge >= 0.3 is 12.6 Å². The van der Waals surface area contributed by atoms with Crippen LogP contribution in [-0.2, 0) is 4.79 Å². The van der Waals surface area contributed by atoms with Gasteiger partial charge in [-0.15, -0.1) is 0 Å². The van der Waals surface area contributed by atoms with Crippen molar-refractivity contribution in [1.29, 1.82) is 0 Å². The zero-order chi connectivity index (χ0) is 15.4. The van der Waals surface area contributed by atoms with E-state index in [0.717, 1.165) is 12.8 Å². The lowest BCUT2D eigenvalue weighted by Gasteiger charge is -2.16. The summed E-state index contributed by atoms with van der Waals surface area (Å²) in [6.07, 6.45) is 1.61. The van der Waals surface area contributed by atoms with Crippen LogP contribution in [-0.4, -0.2) is 29.6 Å². The predicted octanol–water partition coefficient (Wildman–Crippen LogP) is 2.27. The lowest BCUT2D eigenvalue weighted by Crippen LogP contribution is -2.38. The highest BCUT2D eigenvalue weighted by Crippen LogP contribution is 2.34. The van der Waals surface area contributed by atoms with Crippen LogP contribution in [0.15, 0.2) is 24.3 Å². The fraction of sp³-hybridized carbons (Fsp3) is 0.429. The van der Waals surface area contributed by atoms with E-state index < -0.39 is 24.5 Å². The zero-order valence-electron chi connectivity index (χ0n) is 11.1. The molecule has 1 aliphatic carbocycles. The lowest BCUT2D eigenvalue weighted by atomic mass is 10.1. The zero-order valence-corrected chi connectivity index (χ0v) is 11.1. The number of carboxylic acids is 1. The largest absolute Gasteiger partial charge is 0.481 e. The van der Waals surface area contributed by atoms with Gasteiger partial charge in [0.05, 0.1) is 6.42 Å². The van der Waals surface area contributed by atoms with Crippen LogP contribution < -0.4 is 10.1 Å². The van der Waals surface area contributed by atoms with E-state index in [1.807, 2.05) is 0 Å². The molecule has 1 aliphatic rings. The Labute approximate surface area is 119 Å². The molecule has 114 valence electrons. The molecule has 0 radical (unpaired) electrons. The number of carbonyl (C=O) groups excluding carboxylic acids is 1. The minimum absolute atomic E-state index is 0.112. The summed E-state index contributed by atoms with van der Waals surface area (Å²) >= 11 is 0. The van der Waals surface area contributed by atoms with Gasteiger partial charge in [-0.05, 0) is 37.0 Å². The second kappa shape index (κ2) is 6.51. The van der Waals surface area contributed by atoms with Gasteiger partial charge < -0.3 is 15.2 Å². The van der Waals surface area contributed by atoms with Crippen molar-refractivity contribution in [2.24, 2.45) is 5.92 Å². The summed E-state index contributed by atoms with van der Waals surface area (Å²) in [6, 6.07) is 4.97. The normalized spacial score (nSPS) is 15.6. The Morgan fingerprint density at radius 3 is 2.67 bits per heavy atom. The lowest BCUT2D eigenvalue weighted by molar-refractivity contribution is -0.137. The molecule has 0 bridgehead atoms. The van der Waals surface area contributed by atoms with Crippen molar-refractivity contribution in [2.45, 2.75) is 31.9 Å². The van der Waals surface area contributed by atoms with E-state index in [1.54, 1.807) is 0 Å². The van der Waals surface area contributed by atoms with Gasteiger partial charge in [0, 0.05) is 11.6 Å². The SMILES string of the molecule is O=C(O)CC(NC(=O)c1cccc(OC(F)F)c1)C1CC1. The van der Waals surface area contributed by atoms with Crippen molar-refractivity contribution < 1.29 is 28.2 Å². The number of hydrogen-bond acceptors (Lipinski definition) is 3. The average Bonchev–Trinajstić information content (AvgIpc) is 3.21. The third-order valence-electron chi connectivity index (χ3n) is 3.22. The molecule has 1 unspecified atom stereocenters. The molecule has 1 saturated carbocycles. The maximum atomic E-state index is 12.1. The van der Waals surface area contributed by atoms with E-state index in [1.165, 1.54) is 24.3 Å². The van der Waals surface area contributed by atoms with Crippen LogP contribution in [0.4, 0.5) is 8.78 Å². The van der Waals surface area contributed by atoms with Gasteiger partial charge in [0.15, 0.2) is 0 Å². The fourth-order valence-corrected chi connectivity index (χ4v) is 2.09. The first-order valence-electron chi connectivity index (χ1n) is 6.53. The number of amides is 1. The summed E-state index contributed by atoms with van der Waals surface area (Å²) in [7, 11) is 0. The third-order valence-corrected chi connectivity index (χ3v) is 3.22. The highest BCUT2D eigenvalue weighted by Gasteiger charge is 2.33. The van der Waals surface area contributed by atoms with E-state index >= 15 is 0 Å². The number of carboxylic acid groups (broad SMARTS) is 1. The van der Waals surface area contributed by atoms with Crippen LogP contribution in [0.25, 0.3) is 0 Å². The Morgan fingerprint density at radius 2 is 2.10 bits per heavy atom. The topological polar surface area (TPSA) is 75.6 Å². The van der Waals surface area contributed by atoms with Crippen molar-refractivity contribution in [3.63, 3.8) is 0 Å². The Hall–Kier alpha value is -2.18. The minimum atomic E-state index is -2.96. The number of benzene rings is 1. The Bertz CT molecular complexity index is 531. The number of halogens is 2. The summed E-state index contributed by atoms with van der Waals surface area (Å²) < 4.78 is 28.5. The Kier molecular flexibility index (Phi) is 4.72. The Balaban J connectivity index is 2.03. The molecule has 1 fully saturated rings. The van der Waals surface area contributed by atoms with Crippen LogP contribution in [0.5, 0.6) is 5.75 Å². The van der Waals surface area contributed by atoms with Crippen molar-refractivity contribution in [3.8, 4) is 5.75 Å². The molecule has 7 heteroatoms. The molecule has 1 aromatic carbocycles. The summed E-state index contributed by atoms with van der Waals surface area (Å²) in [5, 5.41) is 11.5. The van der Waals surface area contributed by atoms with Gasteiger partial charge in [0.1, 0.15) is 5.75 Å². The number of aliphatic carboxylic acids is 1. The molecular weight excluding hydrogens is 284 g/mol. The molecule has 0 saturated heterocycles. The minimum Gasteiger partial charge on any atom is -0.481 e. The van der Waals surface area contributed by atoms with E-state index in [9.17, 15) is 18.4 Å². The highest BCUT2D eigenvalue weighted by molar-refractivity contribution is 5.95. The number of rotatable bonds is 7. The van der Waals surface area contributed by atoms with Crippen LogP contribution in [0, 0.1) is 5.92 Å². The Morgan fingerprint density at radius 1 is 1.38 bits per heavy atom. The number of ether oxygens (including phenoxy) is 1. The molecule has 21 heavy (non-hydrogen) atoms. The second-order valence-electron chi connectivity index (χ2n) is 4.92. The predicted molar refractivity (Wildman–Crippen MR) is 69.3 cm³/mol. The number of carbonyl (C=O) groups is 2. The number of alkyl halides is 2. The second-order valence-corrected chi connectivity index (χ2v) is 4.92. The van der Waals surface area contributed by atoms with Crippen molar-refractivity contribution in [1.82, 2.24) is 5.32 Å². The van der Waals surface area contributed by atoms with Crippen molar-refractivity contribution >= 4 is 11.9 Å². The van der Waals surface area contributed by atoms with E-state index in [2.05, 4.69) is 10.1 Å².